The highest BCUT2D eigenvalue weighted by Crippen LogP contribution is 2.29. The summed E-state index contributed by atoms with van der Waals surface area (Å²) in [6.07, 6.45) is 1.69. The molecular weight excluding hydrogens is 370 g/mol. The second kappa shape index (κ2) is 7.35. The lowest BCUT2D eigenvalue weighted by Crippen LogP contribution is -1.81. The smallest absolute Gasteiger partial charge is 0.277 e. The highest BCUT2D eigenvalue weighted by molar-refractivity contribution is 7.98. The summed E-state index contributed by atoms with van der Waals surface area (Å²) in [7, 11) is 0. The predicted octanol–water partition coefficient (Wildman–Crippen LogP) is 5.65. The molecule has 2 aromatic carbocycles. The zero-order chi connectivity index (χ0) is 17.9. The van der Waals surface area contributed by atoms with Crippen molar-refractivity contribution < 1.29 is 8.83 Å². The molecule has 2 heterocycles. The van der Waals surface area contributed by atoms with Crippen LogP contribution in [0.15, 0.2) is 68.8 Å². The molecule has 0 N–H and O–H groups in total. The predicted molar refractivity (Wildman–Crippen MR) is 101 cm³/mol. The number of rotatable bonds is 5. The van der Waals surface area contributed by atoms with E-state index in [0.29, 0.717) is 33.5 Å². The van der Waals surface area contributed by atoms with Gasteiger partial charge in [-0.05, 0) is 30.7 Å². The fourth-order valence-electron chi connectivity index (χ4n) is 2.47. The van der Waals surface area contributed by atoms with E-state index in [0.717, 1.165) is 16.7 Å². The molecule has 0 unspecified atom stereocenters. The summed E-state index contributed by atoms with van der Waals surface area (Å²) >= 11 is 7.40. The van der Waals surface area contributed by atoms with Crippen molar-refractivity contribution >= 4 is 23.4 Å². The molecule has 0 atom stereocenters. The van der Waals surface area contributed by atoms with Crippen LogP contribution in [-0.4, -0.2) is 15.2 Å². The van der Waals surface area contributed by atoms with Gasteiger partial charge < -0.3 is 8.83 Å². The minimum atomic E-state index is 0.478. The summed E-state index contributed by atoms with van der Waals surface area (Å²) < 4.78 is 11.5. The second-order valence-corrected chi connectivity index (χ2v) is 6.97. The van der Waals surface area contributed by atoms with Crippen molar-refractivity contribution in [2.75, 3.05) is 0 Å². The van der Waals surface area contributed by atoms with E-state index in [4.69, 9.17) is 20.4 Å². The minimum absolute atomic E-state index is 0.478. The van der Waals surface area contributed by atoms with Gasteiger partial charge >= 0.3 is 0 Å². The van der Waals surface area contributed by atoms with Gasteiger partial charge in [0.15, 0.2) is 5.76 Å². The second-order valence-electron chi connectivity index (χ2n) is 5.61. The number of oxazole rings is 1. The molecule has 0 radical (unpaired) electrons. The number of nitrogens with zero attached hydrogens (tertiary/aromatic N) is 3. The van der Waals surface area contributed by atoms with Crippen LogP contribution < -0.4 is 0 Å². The van der Waals surface area contributed by atoms with Crippen molar-refractivity contribution in [3.8, 4) is 22.8 Å². The zero-order valence-electron chi connectivity index (χ0n) is 13.8. The normalized spacial score (nSPS) is 11.0. The number of aryl methyl sites for hydroxylation is 1. The van der Waals surface area contributed by atoms with Crippen LogP contribution in [0.1, 0.15) is 11.5 Å². The van der Waals surface area contributed by atoms with Crippen molar-refractivity contribution in [3.05, 3.63) is 71.2 Å². The molecule has 7 heteroatoms. The molecule has 26 heavy (non-hydrogen) atoms. The van der Waals surface area contributed by atoms with Gasteiger partial charge in [-0.2, -0.15) is 0 Å². The molecule has 4 aromatic rings. The summed E-state index contributed by atoms with van der Waals surface area (Å²) in [6.45, 7) is 2.01. The van der Waals surface area contributed by atoms with Crippen LogP contribution in [0.5, 0.6) is 0 Å². The van der Waals surface area contributed by atoms with Gasteiger partial charge in [0, 0.05) is 16.1 Å². The zero-order valence-corrected chi connectivity index (χ0v) is 15.4. The van der Waals surface area contributed by atoms with E-state index in [1.165, 1.54) is 11.8 Å². The lowest BCUT2D eigenvalue weighted by Gasteiger charge is -1.98. The number of benzene rings is 2. The third-order valence-electron chi connectivity index (χ3n) is 3.76. The third-order valence-corrected chi connectivity index (χ3v) is 4.80. The van der Waals surface area contributed by atoms with Crippen molar-refractivity contribution in [3.63, 3.8) is 0 Å². The van der Waals surface area contributed by atoms with Gasteiger partial charge in [-0.25, -0.2) is 4.98 Å². The average molecular weight is 384 g/mol. The van der Waals surface area contributed by atoms with Crippen molar-refractivity contribution in [1.29, 1.82) is 0 Å². The van der Waals surface area contributed by atoms with Gasteiger partial charge in [0.25, 0.3) is 5.22 Å². The van der Waals surface area contributed by atoms with E-state index < -0.39 is 0 Å². The molecule has 0 aliphatic heterocycles. The highest BCUT2D eigenvalue weighted by Gasteiger charge is 2.13. The standard InChI is InChI=1S/C19H14ClN3O2S/c1-12-5-2-3-8-15(12)18-22-23-19(25-18)26-11-17-21-10-16(24-17)13-6-4-7-14(20)9-13/h2-10H,11H2,1H3. The van der Waals surface area contributed by atoms with Gasteiger partial charge in [0.2, 0.25) is 11.8 Å². The summed E-state index contributed by atoms with van der Waals surface area (Å²) in [6, 6.07) is 15.4. The van der Waals surface area contributed by atoms with Crippen molar-refractivity contribution in [1.82, 2.24) is 15.2 Å². The van der Waals surface area contributed by atoms with Gasteiger partial charge in [0.1, 0.15) is 0 Å². The molecule has 0 amide bonds. The molecule has 2 aromatic heterocycles. The molecule has 4 rings (SSSR count). The number of aromatic nitrogens is 3. The maximum absolute atomic E-state index is 6.01. The SMILES string of the molecule is Cc1ccccc1-c1nnc(SCc2ncc(-c3cccc(Cl)c3)o2)o1. The number of thioether (sulfide) groups is 1. The maximum atomic E-state index is 6.01. The summed E-state index contributed by atoms with van der Waals surface area (Å²) in [5.41, 5.74) is 2.92. The summed E-state index contributed by atoms with van der Waals surface area (Å²) in [5.74, 6) is 2.27. The number of hydrogen-bond donors (Lipinski definition) is 0. The molecule has 0 bridgehead atoms. The molecule has 0 aliphatic rings. The Balaban J connectivity index is 1.45. The van der Waals surface area contributed by atoms with Crippen LogP contribution in [0.25, 0.3) is 22.8 Å². The first-order valence-electron chi connectivity index (χ1n) is 7.92. The first-order chi connectivity index (χ1) is 12.7. The van der Waals surface area contributed by atoms with Crippen LogP contribution in [0.3, 0.4) is 0 Å². The summed E-state index contributed by atoms with van der Waals surface area (Å²) in [5, 5.41) is 9.34. The van der Waals surface area contributed by atoms with E-state index in [1.807, 2.05) is 55.5 Å². The Bertz CT molecular complexity index is 1040. The van der Waals surface area contributed by atoms with Gasteiger partial charge in [-0.1, -0.05) is 53.7 Å². The molecule has 0 spiro atoms. The molecule has 0 aliphatic carbocycles. The Morgan fingerprint density at radius 2 is 1.92 bits per heavy atom. The van der Waals surface area contributed by atoms with Crippen LogP contribution in [-0.2, 0) is 5.75 Å². The van der Waals surface area contributed by atoms with Gasteiger partial charge in [-0.15, -0.1) is 10.2 Å². The summed E-state index contributed by atoms with van der Waals surface area (Å²) in [4.78, 5) is 4.30. The van der Waals surface area contributed by atoms with E-state index >= 15 is 0 Å². The van der Waals surface area contributed by atoms with Crippen LogP contribution >= 0.6 is 23.4 Å². The van der Waals surface area contributed by atoms with Crippen LogP contribution in [0, 0.1) is 6.92 Å². The Morgan fingerprint density at radius 1 is 1.04 bits per heavy atom. The van der Waals surface area contributed by atoms with Gasteiger partial charge in [-0.3, -0.25) is 0 Å². The Kier molecular flexibility index (Phi) is 4.77. The fraction of sp³-hybridized carbons (Fsp3) is 0.105. The monoisotopic (exact) mass is 383 g/mol. The first-order valence-corrected chi connectivity index (χ1v) is 9.28. The first kappa shape index (κ1) is 16.9. The van der Waals surface area contributed by atoms with Crippen molar-refractivity contribution in [2.24, 2.45) is 0 Å². The van der Waals surface area contributed by atoms with E-state index in [9.17, 15) is 0 Å². The lowest BCUT2D eigenvalue weighted by molar-refractivity contribution is 0.464. The minimum Gasteiger partial charge on any atom is -0.440 e. The lowest BCUT2D eigenvalue weighted by atomic mass is 10.1. The van der Waals surface area contributed by atoms with Crippen LogP contribution in [0.2, 0.25) is 5.02 Å². The topological polar surface area (TPSA) is 65.0 Å². The Labute approximate surface area is 159 Å². The highest BCUT2D eigenvalue weighted by atomic mass is 35.5. The molecule has 0 saturated heterocycles. The Morgan fingerprint density at radius 3 is 2.77 bits per heavy atom. The third kappa shape index (κ3) is 3.66. The number of hydrogen-bond acceptors (Lipinski definition) is 6. The van der Waals surface area contributed by atoms with E-state index in [1.54, 1.807) is 6.20 Å². The van der Waals surface area contributed by atoms with Crippen molar-refractivity contribution in [2.45, 2.75) is 17.9 Å². The molecule has 0 saturated carbocycles. The molecule has 5 nitrogen and oxygen atoms in total. The van der Waals surface area contributed by atoms with Crippen LogP contribution in [0.4, 0.5) is 0 Å². The maximum Gasteiger partial charge on any atom is 0.277 e. The molecule has 0 fully saturated rings. The average Bonchev–Trinajstić information content (AvgIpc) is 3.30. The largest absolute Gasteiger partial charge is 0.440 e. The fourth-order valence-corrected chi connectivity index (χ4v) is 3.27. The Hall–Kier alpha value is -2.57. The quantitative estimate of drug-likeness (QED) is 0.415. The molecular formula is C19H14ClN3O2S. The molecule has 130 valence electrons. The van der Waals surface area contributed by atoms with E-state index in [-0.39, 0.29) is 0 Å². The van der Waals surface area contributed by atoms with E-state index in [2.05, 4.69) is 15.2 Å². The van der Waals surface area contributed by atoms with Gasteiger partial charge in [0.05, 0.1) is 11.9 Å². The number of halogens is 1.